The summed E-state index contributed by atoms with van der Waals surface area (Å²) in [5.74, 6) is 0. The van der Waals surface area contributed by atoms with E-state index in [-0.39, 0.29) is 13.9 Å². The summed E-state index contributed by atoms with van der Waals surface area (Å²) in [5, 5.41) is -0.141. The maximum atomic E-state index is 12.7. The van der Waals surface area contributed by atoms with Crippen molar-refractivity contribution in [2.75, 3.05) is 0 Å². The van der Waals surface area contributed by atoms with E-state index in [1.165, 1.54) is 9.57 Å². The molecule has 0 N–H and O–H groups in total. The van der Waals surface area contributed by atoms with Crippen molar-refractivity contribution < 1.29 is 19.2 Å². The molecule has 1 spiro atoms. The number of hydrogen-bond acceptors (Lipinski definition) is 4. The molecule has 2 fully saturated rings. The number of amides is 4. The van der Waals surface area contributed by atoms with E-state index in [0.29, 0.717) is 12.8 Å². The summed E-state index contributed by atoms with van der Waals surface area (Å²) in [6, 6.07) is 0. The van der Waals surface area contributed by atoms with Crippen molar-refractivity contribution in [3.8, 4) is 0 Å². The van der Waals surface area contributed by atoms with Gasteiger partial charge in [0, 0.05) is 0 Å². The zero-order valence-electron chi connectivity index (χ0n) is 15.4. The number of rotatable bonds is 7. The first-order chi connectivity index (χ1) is 11.1. The van der Waals surface area contributed by atoms with Crippen LogP contribution < -0.4 is 0 Å². The summed E-state index contributed by atoms with van der Waals surface area (Å²) in [6.07, 6.45) is 2.91. The third-order valence-corrected chi connectivity index (χ3v) is 11.9. The molecule has 0 aromatic rings. The standard InChI is InChI=1S/C16H28N2O4P2/c1-7-15(5,8-2)17-11(19)24(12(17)20)13(21)18(14(24)22)23-16(6,9-3)10-4/h23-24H,7-10H2,1-6H3. The predicted molar refractivity (Wildman–Crippen MR) is 99.9 cm³/mol. The van der Waals surface area contributed by atoms with Crippen molar-refractivity contribution in [3.05, 3.63) is 0 Å². The molecule has 2 heterocycles. The molecule has 2 aliphatic rings. The molecule has 0 radical (unpaired) electrons. The number of nitrogens with zero attached hydrogens (tertiary/aromatic N) is 2. The molecule has 0 bridgehead atoms. The Labute approximate surface area is 145 Å². The molecule has 24 heavy (non-hydrogen) atoms. The summed E-state index contributed by atoms with van der Waals surface area (Å²) in [4.78, 5) is 51.9. The zero-order valence-corrected chi connectivity index (χ0v) is 17.4. The minimum atomic E-state index is -3.79. The quantitative estimate of drug-likeness (QED) is 0.544. The Morgan fingerprint density at radius 1 is 0.792 bits per heavy atom. The fraction of sp³-hybridized carbons (Fsp3) is 0.750. The van der Waals surface area contributed by atoms with Crippen LogP contribution in [0.15, 0.2) is 0 Å². The van der Waals surface area contributed by atoms with Gasteiger partial charge in [-0.2, -0.15) is 0 Å². The van der Waals surface area contributed by atoms with Gasteiger partial charge in [-0.05, 0) is 0 Å². The number of carbonyl (C=O) groups excluding carboxylic acids is 4. The Balaban J connectivity index is 2.24. The van der Waals surface area contributed by atoms with Crippen LogP contribution in [0.1, 0.15) is 67.2 Å². The van der Waals surface area contributed by atoms with Crippen LogP contribution in [-0.2, 0) is 0 Å². The van der Waals surface area contributed by atoms with Gasteiger partial charge in [-0.1, -0.05) is 0 Å². The van der Waals surface area contributed by atoms with Crippen LogP contribution in [0.3, 0.4) is 0 Å². The summed E-state index contributed by atoms with van der Waals surface area (Å²) in [5.41, 5.74) is -2.56. The monoisotopic (exact) mass is 374 g/mol. The summed E-state index contributed by atoms with van der Waals surface area (Å²) < 4.78 is 1.18. The van der Waals surface area contributed by atoms with Crippen molar-refractivity contribution in [2.24, 2.45) is 0 Å². The van der Waals surface area contributed by atoms with Crippen LogP contribution in [-0.4, -0.2) is 42.9 Å². The first-order valence-electron chi connectivity index (χ1n) is 8.65. The molecular formula is C16H28N2O4P2. The van der Waals surface area contributed by atoms with Gasteiger partial charge in [-0.25, -0.2) is 0 Å². The van der Waals surface area contributed by atoms with Crippen LogP contribution in [0.2, 0.25) is 0 Å². The van der Waals surface area contributed by atoms with Gasteiger partial charge in [0.1, 0.15) is 0 Å². The van der Waals surface area contributed by atoms with Crippen molar-refractivity contribution >= 4 is 38.6 Å². The first kappa shape index (κ1) is 19.5. The summed E-state index contributed by atoms with van der Waals surface area (Å²) >= 11 is 0. The van der Waals surface area contributed by atoms with E-state index in [9.17, 15) is 19.2 Å². The summed E-state index contributed by atoms with van der Waals surface area (Å²) in [6.45, 7) is 11.7. The van der Waals surface area contributed by atoms with Crippen LogP contribution >= 0.6 is 16.0 Å². The fourth-order valence-corrected chi connectivity index (χ4v) is 8.60. The zero-order chi connectivity index (χ0) is 18.5. The van der Waals surface area contributed by atoms with Crippen LogP contribution in [0, 0.1) is 0 Å². The molecule has 136 valence electrons. The Hall–Kier alpha value is -0.860. The van der Waals surface area contributed by atoms with Gasteiger partial charge in [-0.3, -0.25) is 0 Å². The molecule has 1 unspecified atom stereocenters. The molecule has 6 nitrogen and oxygen atoms in total. The van der Waals surface area contributed by atoms with E-state index in [2.05, 4.69) is 0 Å². The van der Waals surface area contributed by atoms with E-state index in [1.54, 1.807) is 0 Å². The first-order valence-corrected chi connectivity index (χ1v) is 11.6. The molecule has 0 aliphatic carbocycles. The van der Waals surface area contributed by atoms with Crippen LogP contribution in [0.5, 0.6) is 0 Å². The second-order valence-corrected chi connectivity index (χ2v) is 12.3. The van der Waals surface area contributed by atoms with Gasteiger partial charge in [0.15, 0.2) is 0 Å². The van der Waals surface area contributed by atoms with Gasteiger partial charge in [-0.15, -0.1) is 0 Å². The Morgan fingerprint density at radius 2 is 1.21 bits per heavy atom. The molecule has 4 amide bonds. The number of carbonyl (C=O) groups is 4. The van der Waals surface area contributed by atoms with E-state index < -0.39 is 35.4 Å². The number of hydrogen-bond donors (Lipinski definition) is 0. The molecule has 0 aromatic heterocycles. The second-order valence-electron chi connectivity index (χ2n) is 7.23. The topological polar surface area (TPSA) is 74.8 Å². The van der Waals surface area contributed by atoms with Gasteiger partial charge >= 0.3 is 145 Å². The molecule has 2 saturated heterocycles. The van der Waals surface area contributed by atoms with Gasteiger partial charge in [0.2, 0.25) is 0 Å². The van der Waals surface area contributed by atoms with E-state index in [4.69, 9.17) is 0 Å². The fourth-order valence-electron chi connectivity index (χ4n) is 3.13. The summed E-state index contributed by atoms with van der Waals surface area (Å²) in [7, 11) is -3.79. The van der Waals surface area contributed by atoms with E-state index in [1.807, 2.05) is 41.5 Å². The third-order valence-electron chi connectivity index (χ3n) is 6.10. The average Bonchev–Trinajstić information content (AvgIpc) is 2.59. The van der Waals surface area contributed by atoms with E-state index >= 15 is 0 Å². The SMILES string of the molecule is CCC(C)(CC)PN1C(=O)[PH]2(C1=O)C(=O)N(C(C)(CC)CC)C2=O. The average molecular weight is 374 g/mol. The van der Waals surface area contributed by atoms with Gasteiger partial charge in [0.05, 0.1) is 0 Å². The van der Waals surface area contributed by atoms with Crippen molar-refractivity contribution in [1.29, 1.82) is 0 Å². The molecule has 8 heteroatoms. The van der Waals surface area contributed by atoms with Gasteiger partial charge in [0.25, 0.3) is 0 Å². The molecule has 2 aliphatic heterocycles. The molecule has 0 saturated carbocycles. The Kier molecular flexibility index (Phi) is 4.98. The van der Waals surface area contributed by atoms with Crippen molar-refractivity contribution in [3.63, 3.8) is 0 Å². The Bertz CT molecular complexity index is 577. The normalized spacial score (nSPS) is 22.4. The molecule has 2 rings (SSSR count). The second kappa shape index (κ2) is 6.14. The van der Waals surface area contributed by atoms with Crippen molar-refractivity contribution in [1.82, 2.24) is 9.57 Å². The maximum absolute atomic E-state index is 12.7. The minimum absolute atomic E-state index is 0.00594. The Morgan fingerprint density at radius 3 is 1.54 bits per heavy atom. The third kappa shape index (κ3) is 2.22. The van der Waals surface area contributed by atoms with Gasteiger partial charge < -0.3 is 0 Å². The molecule has 0 aromatic carbocycles. The van der Waals surface area contributed by atoms with Crippen LogP contribution in [0.25, 0.3) is 0 Å². The predicted octanol–water partition coefficient (Wildman–Crippen LogP) is 5.60. The number of imide groups is 2. The van der Waals surface area contributed by atoms with Crippen molar-refractivity contribution in [2.45, 2.75) is 77.9 Å². The molecule has 1 atom stereocenters. The molecular weight excluding hydrogens is 346 g/mol. The van der Waals surface area contributed by atoms with Crippen LogP contribution in [0.4, 0.5) is 19.2 Å². The van der Waals surface area contributed by atoms with E-state index in [0.717, 1.165) is 12.8 Å².